The molecule has 0 radical (unpaired) electrons. The fraction of sp³-hybridized carbons (Fsp3) is 0.100. The summed E-state index contributed by atoms with van der Waals surface area (Å²) in [7, 11) is 0. The number of hydrogen-bond acceptors (Lipinski definition) is 1. The minimum absolute atomic E-state index is 0.527. The summed E-state index contributed by atoms with van der Waals surface area (Å²) in [5.74, 6) is 0. The molecule has 2 aromatic rings. The van der Waals surface area contributed by atoms with Gasteiger partial charge < -0.3 is 0 Å². The monoisotopic (exact) mass is 411 g/mol. The van der Waals surface area contributed by atoms with Gasteiger partial charge in [0.05, 0.1) is 16.2 Å². The zero-order valence-corrected chi connectivity index (χ0v) is 12.9. The van der Waals surface area contributed by atoms with Crippen molar-refractivity contribution in [2.24, 2.45) is 0 Å². The molecule has 0 N–H and O–H groups in total. The second-order valence-electron chi connectivity index (χ2n) is 3.00. The number of fused-ring (bicyclic) bond motifs is 1. The second kappa shape index (κ2) is 4.32. The summed E-state index contributed by atoms with van der Waals surface area (Å²) in [4.78, 5) is 4.48. The van der Waals surface area contributed by atoms with Crippen LogP contribution in [-0.2, 0) is 2.14 Å². The molecule has 1 aromatic carbocycles. The molecule has 0 aliphatic rings. The standard InChI is InChI=1S/C10H5Br3ClN/c11-10(12,13)9-5-7(14)6-3-1-2-4-8(6)15-9/h1-5H. The van der Waals surface area contributed by atoms with E-state index >= 15 is 0 Å². The third-order valence-electron chi connectivity index (χ3n) is 1.96. The van der Waals surface area contributed by atoms with E-state index in [-0.39, 0.29) is 0 Å². The topological polar surface area (TPSA) is 12.9 Å². The lowest BCUT2D eigenvalue weighted by Gasteiger charge is -2.12. The summed E-state index contributed by atoms with van der Waals surface area (Å²) < 4.78 is -0.527. The average molecular weight is 414 g/mol. The zero-order chi connectivity index (χ0) is 11.1. The number of pyridine rings is 1. The molecule has 1 nitrogen and oxygen atoms in total. The van der Waals surface area contributed by atoms with Crippen LogP contribution in [-0.4, -0.2) is 4.98 Å². The molecule has 15 heavy (non-hydrogen) atoms. The van der Waals surface area contributed by atoms with Crippen LogP contribution in [0.5, 0.6) is 0 Å². The van der Waals surface area contributed by atoms with Gasteiger partial charge in [-0.15, -0.1) is 0 Å². The minimum atomic E-state index is -0.527. The van der Waals surface area contributed by atoms with Crippen molar-refractivity contribution in [1.29, 1.82) is 0 Å². The number of benzene rings is 1. The maximum Gasteiger partial charge on any atom is 0.176 e. The van der Waals surface area contributed by atoms with Gasteiger partial charge in [-0.3, -0.25) is 0 Å². The number of alkyl halides is 3. The summed E-state index contributed by atoms with van der Waals surface area (Å²) in [6.45, 7) is 0. The smallest absolute Gasteiger partial charge is 0.176 e. The number of hydrogen-bond donors (Lipinski definition) is 0. The Balaban J connectivity index is 2.73. The quantitative estimate of drug-likeness (QED) is 0.542. The van der Waals surface area contributed by atoms with Crippen LogP contribution in [0, 0.1) is 0 Å². The molecule has 0 atom stereocenters. The average Bonchev–Trinajstić information content (AvgIpc) is 2.16. The predicted octanol–water partition coefficient (Wildman–Crippen LogP) is 5.18. The molecular formula is C10H5Br3ClN. The van der Waals surface area contributed by atoms with Crippen LogP contribution in [0.3, 0.4) is 0 Å². The van der Waals surface area contributed by atoms with Gasteiger partial charge in [0.25, 0.3) is 0 Å². The maximum absolute atomic E-state index is 6.17. The van der Waals surface area contributed by atoms with Gasteiger partial charge in [0.15, 0.2) is 2.14 Å². The number of rotatable bonds is 0. The van der Waals surface area contributed by atoms with Crippen molar-refractivity contribution in [1.82, 2.24) is 4.98 Å². The Bertz CT molecular complexity index is 507. The molecule has 78 valence electrons. The summed E-state index contributed by atoms with van der Waals surface area (Å²) in [6.07, 6.45) is 0. The van der Waals surface area contributed by atoms with E-state index in [1.807, 2.05) is 30.3 Å². The second-order valence-corrected chi connectivity index (χ2v) is 10.2. The Morgan fingerprint density at radius 1 is 1.13 bits per heavy atom. The summed E-state index contributed by atoms with van der Waals surface area (Å²) in [6, 6.07) is 9.59. The number of halogens is 4. The van der Waals surface area contributed by atoms with Crippen molar-refractivity contribution in [2.75, 3.05) is 0 Å². The number of para-hydroxylation sites is 1. The van der Waals surface area contributed by atoms with Crippen molar-refractivity contribution in [3.05, 3.63) is 41.0 Å². The molecule has 1 heterocycles. The molecule has 0 amide bonds. The first kappa shape index (κ1) is 11.8. The van der Waals surface area contributed by atoms with E-state index in [9.17, 15) is 0 Å². The highest BCUT2D eigenvalue weighted by molar-refractivity contribution is 9.38. The van der Waals surface area contributed by atoms with E-state index in [4.69, 9.17) is 11.6 Å². The van der Waals surface area contributed by atoms with E-state index in [0.29, 0.717) is 5.02 Å². The first-order valence-corrected chi connectivity index (χ1v) is 6.86. The third kappa shape index (κ3) is 2.54. The van der Waals surface area contributed by atoms with Crippen molar-refractivity contribution in [2.45, 2.75) is 2.14 Å². The molecular weight excluding hydrogens is 409 g/mol. The largest absolute Gasteiger partial charge is 0.249 e. The van der Waals surface area contributed by atoms with Crippen molar-refractivity contribution >= 4 is 70.3 Å². The van der Waals surface area contributed by atoms with Crippen LogP contribution in [0.25, 0.3) is 10.9 Å². The highest BCUT2D eigenvalue weighted by Gasteiger charge is 2.23. The highest BCUT2D eigenvalue weighted by Crippen LogP contribution is 2.44. The van der Waals surface area contributed by atoms with Gasteiger partial charge in [0, 0.05) is 5.39 Å². The van der Waals surface area contributed by atoms with Gasteiger partial charge >= 0.3 is 0 Å². The van der Waals surface area contributed by atoms with Gasteiger partial charge in [0.1, 0.15) is 0 Å². The molecule has 0 saturated heterocycles. The molecule has 5 heteroatoms. The van der Waals surface area contributed by atoms with Crippen LogP contribution in [0.1, 0.15) is 5.69 Å². The lowest BCUT2D eigenvalue weighted by molar-refractivity contribution is 1.20. The van der Waals surface area contributed by atoms with Gasteiger partial charge in [0.2, 0.25) is 0 Å². The lowest BCUT2D eigenvalue weighted by Crippen LogP contribution is -2.01. The Kier molecular flexibility index (Phi) is 3.41. The Hall–Kier alpha value is 0.360. The summed E-state index contributed by atoms with van der Waals surface area (Å²) in [5.41, 5.74) is 1.66. The fourth-order valence-corrected chi connectivity index (χ4v) is 2.15. The van der Waals surface area contributed by atoms with E-state index in [1.165, 1.54) is 0 Å². The van der Waals surface area contributed by atoms with Crippen molar-refractivity contribution in [3.63, 3.8) is 0 Å². The third-order valence-corrected chi connectivity index (χ3v) is 3.49. The lowest BCUT2D eigenvalue weighted by atomic mass is 10.2. The van der Waals surface area contributed by atoms with Crippen molar-refractivity contribution in [3.8, 4) is 0 Å². The Labute approximate surface area is 118 Å². The molecule has 2 rings (SSSR count). The van der Waals surface area contributed by atoms with Crippen LogP contribution in [0.4, 0.5) is 0 Å². The van der Waals surface area contributed by atoms with E-state index in [2.05, 4.69) is 52.8 Å². The zero-order valence-electron chi connectivity index (χ0n) is 7.35. The fourth-order valence-electron chi connectivity index (χ4n) is 1.28. The molecule has 0 bridgehead atoms. The Morgan fingerprint density at radius 2 is 1.80 bits per heavy atom. The summed E-state index contributed by atoms with van der Waals surface area (Å²) >= 11 is 16.4. The highest BCUT2D eigenvalue weighted by atomic mass is 80.0. The normalized spacial score (nSPS) is 12.0. The van der Waals surface area contributed by atoms with E-state index in [1.54, 1.807) is 0 Å². The van der Waals surface area contributed by atoms with E-state index < -0.39 is 2.14 Å². The summed E-state index contributed by atoms with van der Waals surface area (Å²) in [5, 5.41) is 1.65. The number of aromatic nitrogens is 1. The van der Waals surface area contributed by atoms with Crippen LogP contribution < -0.4 is 0 Å². The van der Waals surface area contributed by atoms with Crippen molar-refractivity contribution < 1.29 is 0 Å². The first-order valence-electron chi connectivity index (χ1n) is 4.11. The molecule has 0 saturated carbocycles. The Morgan fingerprint density at radius 3 is 2.47 bits per heavy atom. The molecule has 0 aliphatic heterocycles. The van der Waals surface area contributed by atoms with Gasteiger partial charge in [-0.05, 0) is 12.1 Å². The molecule has 0 unspecified atom stereocenters. The molecule has 1 aromatic heterocycles. The van der Waals surface area contributed by atoms with Crippen LogP contribution in [0.2, 0.25) is 5.02 Å². The SMILES string of the molecule is Clc1cc(C(Br)(Br)Br)nc2ccccc12. The van der Waals surface area contributed by atoms with Crippen LogP contribution >= 0.6 is 59.4 Å². The number of nitrogens with zero attached hydrogens (tertiary/aromatic N) is 1. The van der Waals surface area contributed by atoms with Gasteiger partial charge in [-0.25, -0.2) is 4.98 Å². The predicted molar refractivity (Wildman–Crippen MR) is 75.2 cm³/mol. The maximum atomic E-state index is 6.17. The molecule has 0 fully saturated rings. The molecule has 0 spiro atoms. The first-order chi connectivity index (χ1) is 6.98. The van der Waals surface area contributed by atoms with E-state index in [0.717, 1.165) is 16.6 Å². The van der Waals surface area contributed by atoms with Gasteiger partial charge in [-0.1, -0.05) is 77.6 Å². The molecule has 0 aliphatic carbocycles. The van der Waals surface area contributed by atoms with Gasteiger partial charge in [-0.2, -0.15) is 0 Å². The van der Waals surface area contributed by atoms with Crippen LogP contribution in [0.15, 0.2) is 30.3 Å². The minimum Gasteiger partial charge on any atom is -0.249 e.